The van der Waals surface area contributed by atoms with E-state index in [-0.39, 0.29) is 46.5 Å². The molecule has 0 spiro atoms. The molecule has 2 amide bonds. The van der Waals surface area contributed by atoms with Crippen molar-refractivity contribution in [2.45, 2.75) is 25.5 Å². The van der Waals surface area contributed by atoms with E-state index in [1.165, 1.54) is 18.9 Å². The number of nitrogens with zero attached hydrogens (tertiary/aromatic N) is 1. The van der Waals surface area contributed by atoms with Gasteiger partial charge in [0.15, 0.2) is 4.88 Å². The van der Waals surface area contributed by atoms with Crippen LogP contribution in [0, 0.1) is 5.92 Å². The van der Waals surface area contributed by atoms with E-state index in [0.717, 1.165) is 0 Å². The summed E-state index contributed by atoms with van der Waals surface area (Å²) in [5, 5.41) is 25.3. The molecule has 9 heteroatoms. The molecule has 3 heterocycles. The first-order valence-electron chi connectivity index (χ1n) is 7.17. The van der Waals surface area contributed by atoms with Crippen LogP contribution in [0.15, 0.2) is 23.2 Å². The van der Waals surface area contributed by atoms with Gasteiger partial charge in [-0.25, -0.2) is 4.79 Å². The maximum absolute atomic E-state index is 12.2. The van der Waals surface area contributed by atoms with E-state index < -0.39 is 34.4 Å². The van der Waals surface area contributed by atoms with Crippen LogP contribution in [0.2, 0.25) is 0 Å². The summed E-state index contributed by atoms with van der Waals surface area (Å²) in [4.78, 5) is 37.5. The van der Waals surface area contributed by atoms with E-state index in [1.54, 1.807) is 17.5 Å². The van der Waals surface area contributed by atoms with Crippen LogP contribution < -0.4 is 40.0 Å². The molecule has 1 saturated heterocycles. The summed E-state index contributed by atoms with van der Waals surface area (Å²) < 4.78 is 0. The van der Waals surface area contributed by atoms with Crippen molar-refractivity contribution < 1.29 is 54.2 Å². The fourth-order valence-electron chi connectivity index (χ4n) is 3.34. The Balaban J connectivity index is 0.00000208. The smallest absolute Gasteiger partial charge is 0.543 e. The summed E-state index contributed by atoms with van der Waals surface area (Å²) in [7, 11) is 0.625. The quantitative estimate of drug-likeness (QED) is 0.333. The number of fused-ring (bicyclic) bond motifs is 1. The fraction of sp³-hybridized carbons (Fsp3) is 0.400. The molecule has 0 saturated carbocycles. The van der Waals surface area contributed by atoms with Crippen molar-refractivity contribution in [2.75, 3.05) is 7.05 Å². The minimum Gasteiger partial charge on any atom is -0.543 e. The third-order valence-corrected chi connectivity index (χ3v) is 6.21. The van der Waals surface area contributed by atoms with Gasteiger partial charge in [-0.3, -0.25) is 4.79 Å². The normalized spacial score (nSPS) is 24.0. The van der Waals surface area contributed by atoms with Gasteiger partial charge >= 0.3 is 34.8 Å². The Morgan fingerprint density at radius 1 is 1.50 bits per heavy atom. The summed E-state index contributed by atoms with van der Waals surface area (Å²) in [5.41, 5.74) is 0.275. The molecule has 1 unspecified atom stereocenters. The summed E-state index contributed by atoms with van der Waals surface area (Å²) in [5.74, 6) is -2.46. The minimum atomic E-state index is -1.44. The van der Waals surface area contributed by atoms with Crippen LogP contribution in [0.25, 0.3) is 5.57 Å². The topological polar surface area (TPSA) is 110 Å². The molecule has 1 aromatic heterocycles. The summed E-state index contributed by atoms with van der Waals surface area (Å²) in [6.07, 6.45) is -0.544. The number of hydrogen-bond acceptors (Lipinski definition) is 5. The maximum Gasteiger partial charge on any atom is 1.00 e. The molecule has 0 aliphatic carbocycles. The number of β-lactam (4-membered cyclic amide) rings is 1. The van der Waals surface area contributed by atoms with Crippen molar-refractivity contribution in [3.05, 3.63) is 28.1 Å². The molecule has 3 rings (SSSR count). The van der Waals surface area contributed by atoms with Gasteiger partial charge in [-0.05, 0) is 13.0 Å². The van der Waals surface area contributed by atoms with Crippen LogP contribution in [0.1, 0.15) is 18.2 Å². The number of rotatable bonds is 4. The first-order valence-corrected chi connectivity index (χ1v) is 8.46. The van der Waals surface area contributed by atoms with Crippen molar-refractivity contribution in [3.8, 4) is 0 Å². The van der Waals surface area contributed by atoms with E-state index in [4.69, 9.17) is 0 Å². The Labute approximate surface area is 163 Å². The van der Waals surface area contributed by atoms with Crippen LogP contribution >= 0.6 is 10.5 Å². The summed E-state index contributed by atoms with van der Waals surface area (Å²) in [6.45, 7) is 1.52. The zero-order chi connectivity index (χ0) is 16.9. The molecule has 2 N–H and O–H groups in total. The predicted molar refractivity (Wildman–Crippen MR) is 81.1 cm³/mol. The van der Waals surface area contributed by atoms with Crippen molar-refractivity contribution in [1.82, 2.24) is 10.2 Å². The molecule has 24 heavy (non-hydrogen) atoms. The van der Waals surface area contributed by atoms with Gasteiger partial charge in [-0.15, -0.1) is 0 Å². The average molecular weight is 359 g/mol. The molecule has 0 aromatic carbocycles. The number of aliphatic hydroxyl groups excluding tert-OH is 1. The molecule has 1 fully saturated rings. The molecular formula is C15H16N2NaO5S+. The van der Waals surface area contributed by atoms with Gasteiger partial charge in [-0.1, -0.05) is 0 Å². The van der Waals surface area contributed by atoms with Gasteiger partial charge in [0.25, 0.3) is 0 Å². The Hall–Kier alpha value is -1.19. The number of thiophene rings is 1. The van der Waals surface area contributed by atoms with Gasteiger partial charge in [0, 0.05) is 25.1 Å². The van der Waals surface area contributed by atoms with Gasteiger partial charge in [0.2, 0.25) is 5.91 Å². The third-order valence-electron chi connectivity index (χ3n) is 4.32. The number of nitrogens with one attached hydrogen (secondary N) is 1. The number of hydrogen-bond donors (Lipinski definition) is 2. The summed E-state index contributed by atoms with van der Waals surface area (Å²) >= 11 is 0. The fourth-order valence-corrected chi connectivity index (χ4v) is 4.93. The molecule has 1 aromatic rings. The van der Waals surface area contributed by atoms with Gasteiger partial charge in [0.1, 0.15) is 5.38 Å². The molecule has 0 bridgehead atoms. The van der Waals surface area contributed by atoms with E-state index in [1.807, 2.05) is 0 Å². The Morgan fingerprint density at radius 2 is 2.17 bits per heavy atom. The number of aliphatic carboxylic acids is 1. The monoisotopic (exact) mass is 359 g/mol. The largest absolute Gasteiger partial charge is 1.00 e. The number of carboxylic acid groups (broad SMARTS) is 1. The standard InChI is InChI=1S/C15H16N2O5S.Na/c1-7(18)11-9-6-8(12(14(20)21)17(9)13(11)19)10-4-3-5-23(10)15(22)16-2;/h3-5,7,9,11,18H,6H2,1-2H3,(H-,16,20,21,22);/q;+1/t7-,9-,11-,23?;/m1./s1. The Bertz CT molecular complexity index is 742. The van der Waals surface area contributed by atoms with E-state index >= 15 is 0 Å². The Morgan fingerprint density at radius 3 is 2.71 bits per heavy atom. The van der Waals surface area contributed by atoms with Crippen molar-refractivity contribution in [1.29, 1.82) is 0 Å². The number of amides is 2. The first kappa shape index (κ1) is 19.1. The van der Waals surface area contributed by atoms with Crippen LogP contribution in [0.4, 0.5) is 4.79 Å². The Kier molecular flexibility index (Phi) is 5.56. The second-order valence-electron chi connectivity index (χ2n) is 5.60. The van der Waals surface area contributed by atoms with Gasteiger partial charge in [0.05, 0.1) is 40.2 Å². The molecule has 4 atom stereocenters. The SMILES string of the molecule is CNC(=O)[s+]1cccc1C1=C(C(=O)[O-])N2C(=O)[C@H]([C@@H](C)O)[C@H]2C1.[Na+]. The number of aliphatic hydroxyl groups is 1. The average Bonchev–Trinajstić information content (AvgIpc) is 3.07. The van der Waals surface area contributed by atoms with Crippen LogP contribution in [-0.2, 0) is 9.59 Å². The molecule has 7 nitrogen and oxygen atoms in total. The van der Waals surface area contributed by atoms with E-state index in [9.17, 15) is 24.6 Å². The predicted octanol–water partition coefficient (Wildman–Crippen LogP) is -3.30. The maximum atomic E-state index is 12.2. The molecule has 0 radical (unpaired) electrons. The molecule has 122 valence electrons. The second-order valence-corrected chi connectivity index (χ2v) is 7.35. The molecule has 2 aliphatic heterocycles. The minimum absolute atomic E-state index is 0. The molecular weight excluding hydrogens is 343 g/mol. The van der Waals surface area contributed by atoms with E-state index in [2.05, 4.69) is 5.32 Å². The number of carbonyl (C=O) groups excluding carboxylic acids is 3. The molecule has 2 aliphatic rings. The zero-order valence-corrected chi connectivity index (χ0v) is 16.4. The van der Waals surface area contributed by atoms with Gasteiger partial charge < -0.3 is 25.2 Å². The van der Waals surface area contributed by atoms with Gasteiger partial charge in [-0.2, -0.15) is 0 Å². The van der Waals surface area contributed by atoms with Crippen LogP contribution in [0.3, 0.4) is 0 Å². The second kappa shape index (κ2) is 6.97. The first-order chi connectivity index (χ1) is 10.9. The number of carbonyl (C=O) groups is 3. The third kappa shape index (κ3) is 2.72. The van der Waals surface area contributed by atoms with Crippen molar-refractivity contribution in [2.24, 2.45) is 5.92 Å². The zero-order valence-electron chi connectivity index (χ0n) is 13.6. The summed E-state index contributed by atoms with van der Waals surface area (Å²) in [6, 6.07) is 3.02. The van der Waals surface area contributed by atoms with E-state index in [0.29, 0.717) is 16.9 Å². The number of carboxylic acids is 1. The van der Waals surface area contributed by atoms with Crippen molar-refractivity contribution >= 4 is 33.2 Å². The van der Waals surface area contributed by atoms with Crippen molar-refractivity contribution in [3.63, 3.8) is 0 Å². The van der Waals surface area contributed by atoms with Crippen LogP contribution in [-0.4, -0.2) is 46.3 Å². The van der Waals surface area contributed by atoms with Crippen LogP contribution in [0.5, 0.6) is 0 Å².